The average molecular weight is 528 g/mol. The van der Waals surface area contributed by atoms with Gasteiger partial charge in [-0.3, -0.25) is 9.59 Å². The van der Waals surface area contributed by atoms with Crippen LogP contribution < -0.4 is 5.73 Å². The molecule has 2 aliphatic rings. The summed E-state index contributed by atoms with van der Waals surface area (Å²) in [5.41, 5.74) is 5.11. The third-order valence-electron chi connectivity index (χ3n) is 7.65. The van der Waals surface area contributed by atoms with Gasteiger partial charge >= 0.3 is 11.9 Å². The number of hydrogen-bond donors (Lipinski definition) is 2. The van der Waals surface area contributed by atoms with Crippen molar-refractivity contribution in [3.05, 3.63) is 29.8 Å². The topological polar surface area (TPSA) is 162 Å². The second kappa shape index (κ2) is 11.0. The summed E-state index contributed by atoms with van der Waals surface area (Å²) in [6, 6.07) is 4.52. The number of aromatic nitrogens is 3. The number of aryl methyl sites for hydroxylation is 1. The van der Waals surface area contributed by atoms with Crippen LogP contribution >= 0.6 is 0 Å². The maximum Gasteiger partial charge on any atom is 0.323 e. The summed E-state index contributed by atoms with van der Waals surface area (Å²) in [4.78, 5) is 29.8. The molecule has 0 spiro atoms. The summed E-state index contributed by atoms with van der Waals surface area (Å²) in [6.07, 6.45) is 2.81. The minimum absolute atomic E-state index is 0.213. The van der Waals surface area contributed by atoms with Crippen molar-refractivity contribution in [2.45, 2.75) is 96.2 Å². The van der Waals surface area contributed by atoms with E-state index in [1.807, 2.05) is 20.8 Å². The van der Waals surface area contributed by atoms with Gasteiger partial charge in [-0.2, -0.15) is 10.4 Å². The van der Waals surface area contributed by atoms with Crippen molar-refractivity contribution in [3.63, 3.8) is 0 Å². The highest BCUT2D eigenvalue weighted by molar-refractivity contribution is 5.76. The molecule has 0 amide bonds. The zero-order chi connectivity index (χ0) is 27.7. The highest BCUT2D eigenvalue weighted by Crippen LogP contribution is 2.42. The first-order valence-electron chi connectivity index (χ1n) is 13.2. The lowest BCUT2D eigenvalue weighted by molar-refractivity contribution is -0.162. The number of aliphatic hydroxyl groups excluding tert-OH is 1. The molecule has 3 heterocycles. The molecular weight excluding hydrogens is 490 g/mol. The molecule has 0 aromatic carbocycles. The fourth-order valence-corrected chi connectivity index (χ4v) is 5.21. The number of ether oxygens (including phenoxy) is 3. The molecule has 4 rings (SSSR count). The molecule has 206 valence electrons. The monoisotopic (exact) mass is 527 g/mol. The number of hydrogen-bond acceptors (Lipinski definition) is 10. The lowest BCUT2D eigenvalue weighted by Gasteiger charge is -2.26. The van der Waals surface area contributed by atoms with Crippen LogP contribution in [0.5, 0.6) is 0 Å². The quantitative estimate of drug-likeness (QED) is 0.511. The third-order valence-corrected chi connectivity index (χ3v) is 7.65. The van der Waals surface area contributed by atoms with Gasteiger partial charge in [-0.15, -0.1) is 0 Å². The maximum absolute atomic E-state index is 13.0. The van der Waals surface area contributed by atoms with Crippen LogP contribution in [0.2, 0.25) is 0 Å². The molecule has 1 aliphatic heterocycles. The summed E-state index contributed by atoms with van der Waals surface area (Å²) in [5.74, 6) is -0.931. The third kappa shape index (κ3) is 5.39. The number of carbonyl (C=O) groups excluding carboxylic acids is 2. The van der Waals surface area contributed by atoms with E-state index in [9.17, 15) is 20.0 Å². The molecule has 2 aromatic heterocycles. The Hall–Kier alpha value is -3.07. The summed E-state index contributed by atoms with van der Waals surface area (Å²) >= 11 is 0. The highest BCUT2D eigenvalue weighted by Gasteiger charge is 2.60. The molecule has 0 bridgehead atoms. The first-order chi connectivity index (χ1) is 18.0. The number of nitriles is 1. The Morgan fingerprint density at radius 1 is 1.32 bits per heavy atom. The lowest BCUT2D eigenvalue weighted by atomic mass is 9.87. The van der Waals surface area contributed by atoms with Gasteiger partial charge < -0.3 is 25.1 Å². The second-order valence-electron chi connectivity index (χ2n) is 11.4. The number of esters is 2. The SMILES string of the molecule is Cc1ncnn2c([C@]3(C#N)O[C@H](COC(=O)[C@@H](N)C(C)(C)C)[C@@H](OC(=O)CC4CCCCC4)[C@H]3O)ccc12. The molecule has 2 fully saturated rings. The van der Waals surface area contributed by atoms with Crippen LogP contribution in [0.15, 0.2) is 18.5 Å². The van der Waals surface area contributed by atoms with E-state index in [0.717, 1.165) is 32.1 Å². The summed E-state index contributed by atoms with van der Waals surface area (Å²) in [5, 5.41) is 26.1. The Morgan fingerprint density at radius 2 is 2.03 bits per heavy atom. The van der Waals surface area contributed by atoms with E-state index >= 15 is 0 Å². The Bertz CT molecular complexity index is 1210. The molecule has 11 heteroatoms. The number of aliphatic hydroxyl groups is 1. The number of rotatable bonds is 7. The van der Waals surface area contributed by atoms with Gasteiger partial charge in [-0.05, 0) is 43.2 Å². The van der Waals surface area contributed by atoms with E-state index < -0.39 is 47.3 Å². The Labute approximate surface area is 222 Å². The zero-order valence-corrected chi connectivity index (χ0v) is 22.4. The van der Waals surface area contributed by atoms with Crippen LogP contribution in [0.1, 0.15) is 70.7 Å². The minimum atomic E-state index is -1.94. The number of fused-ring (bicyclic) bond motifs is 1. The van der Waals surface area contributed by atoms with Crippen LogP contribution in [-0.2, 0) is 29.4 Å². The Kier molecular flexibility index (Phi) is 8.06. The zero-order valence-electron chi connectivity index (χ0n) is 22.4. The molecule has 2 aromatic rings. The van der Waals surface area contributed by atoms with Crippen LogP contribution in [0.3, 0.4) is 0 Å². The smallest absolute Gasteiger partial charge is 0.323 e. The lowest BCUT2D eigenvalue weighted by Crippen LogP contribution is -2.45. The maximum atomic E-state index is 13.0. The van der Waals surface area contributed by atoms with E-state index in [1.54, 1.807) is 19.1 Å². The molecule has 3 N–H and O–H groups in total. The van der Waals surface area contributed by atoms with Gasteiger partial charge in [-0.1, -0.05) is 40.0 Å². The number of nitrogens with zero attached hydrogens (tertiary/aromatic N) is 4. The van der Waals surface area contributed by atoms with Gasteiger partial charge in [0.15, 0.2) is 6.10 Å². The van der Waals surface area contributed by atoms with Gasteiger partial charge in [-0.25, -0.2) is 9.50 Å². The largest absolute Gasteiger partial charge is 0.462 e. The molecule has 5 atom stereocenters. The fourth-order valence-electron chi connectivity index (χ4n) is 5.21. The molecule has 0 unspecified atom stereocenters. The van der Waals surface area contributed by atoms with Crippen molar-refractivity contribution in [2.75, 3.05) is 6.61 Å². The van der Waals surface area contributed by atoms with Crippen molar-refractivity contribution in [1.29, 1.82) is 5.26 Å². The van der Waals surface area contributed by atoms with Crippen molar-refractivity contribution < 1.29 is 28.9 Å². The van der Waals surface area contributed by atoms with E-state index in [-0.39, 0.29) is 24.6 Å². The highest BCUT2D eigenvalue weighted by atomic mass is 16.6. The predicted molar refractivity (Wildman–Crippen MR) is 135 cm³/mol. The van der Waals surface area contributed by atoms with Crippen LogP contribution in [-0.4, -0.2) is 62.6 Å². The predicted octanol–water partition coefficient (Wildman–Crippen LogP) is 2.32. The Morgan fingerprint density at radius 3 is 2.68 bits per heavy atom. The molecule has 11 nitrogen and oxygen atoms in total. The van der Waals surface area contributed by atoms with Crippen LogP contribution in [0.25, 0.3) is 5.52 Å². The molecule has 1 aliphatic carbocycles. The normalized spacial score (nSPS) is 27.1. The van der Waals surface area contributed by atoms with E-state index in [4.69, 9.17) is 19.9 Å². The second-order valence-corrected chi connectivity index (χ2v) is 11.4. The number of nitrogens with two attached hydrogens (primary N) is 1. The van der Waals surface area contributed by atoms with Crippen LogP contribution in [0.4, 0.5) is 0 Å². The van der Waals surface area contributed by atoms with Gasteiger partial charge in [0.1, 0.15) is 37.3 Å². The standard InChI is InChI=1S/C27H37N5O6/c1-16-18-10-11-20(32(18)31-15-30-16)27(14-28)24(34)22(37-21(33)12-17-8-6-5-7-9-17)19(38-27)13-36-25(35)23(29)26(2,3)4/h10-11,15,17,19,22-24,34H,5-9,12-13,29H2,1-4H3/t19-,22-,23-,24-,27+/m1/s1. The van der Waals surface area contributed by atoms with E-state index in [2.05, 4.69) is 16.2 Å². The van der Waals surface area contributed by atoms with E-state index in [1.165, 1.54) is 10.8 Å². The molecule has 1 saturated carbocycles. The van der Waals surface area contributed by atoms with Crippen molar-refractivity contribution in [1.82, 2.24) is 14.6 Å². The summed E-state index contributed by atoms with van der Waals surface area (Å²) in [6.45, 7) is 6.87. The van der Waals surface area contributed by atoms with Crippen LogP contribution in [0, 0.1) is 29.6 Å². The van der Waals surface area contributed by atoms with E-state index in [0.29, 0.717) is 11.2 Å². The minimum Gasteiger partial charge on any atom is -0.462 e. The van der Waals surface area contributed by atoms with Crippen molar-refractivity contribution >= 4 is 17.5 Å². The van der Waals surface area contributed by atoms with Crippen molar-refractivity contribution in [3.8, 4) is 6.07 Å². The molecular formula is C27H37N5O6. The number of carbonyl (C=O) groups is 2. The van der Waals surface area contributed by atoms with Gasteiger partial charge in [0, 0.05) is 6.42 Å². The Balaban J connectivity index is 1.62. The van der Waals surface area contributed by atoms with Gasteiger partial charge in [0.05, 0.1) is 16.9 Å². The van der Waals surface area contributed by atoms with Gasteiger partial charge in [0.25, 0.3) is 0 Å². The summed E-state index contributed by atoms with van der Waals surface area (Å²) < 4.78 is 18.8. The molecule has 1 saturated heterocycles. The molecule has 0 radical (unpaired) electrons. The van der Waals surface area contributed by atoms with Crippen molar-refractivity contribution in [2.24, 2.45) is 17.1 Å². The molecule has 38 heavy (non-hydrogen) atoms. The summed E-state index contributed by atoms with van der Waals surface area (Å²) in [7, 11) is 0. The first kappa shape index (κ1) is 28.0. The van der Waals surface area contributed by atoms with Gasteiger partial charge in [0.2, 0.25) is 5.60 Å². The average Bonchev–Trinajstić information content (AvgIpc) is 3.43. The fraction of sp³-hybridized carbons (Fsp3) is 0.667. The first-order valence-corrected chi connectivity index (χ1v) is 13.2.